The van der Waals surface area contributed by atoms with E-state index >= 15 is 0 Å². The molecule has 2 rings (SSSR count). The third-order valence-electron chi connectivity index (χ3n) is 2.40. The van der Waals surface area contributed by atoms with E-state index < -0.39 is 10.1 Å². The van der Waals surface area contributed by atoms with E-state index in [1.165, 1.54) is 6.07 Å². The van der Waals surface area contributed by atoms with Crippen molar-refractivity contribution >= 4 is 39.1 Å². The van der Waals surface area contributed by atoms with Gasteiger partial charge in [0.05, 0.1) is 25.5 Å². The molecule has 1 saturated heterocycles. The SMILES string of the molecule is CS(=O)(=O)OCC1COCN1c1cc(Cl)nc(Cl)n1. The molecule has 0 aromatic carbocycles. The van der Waals surface area contributed by atoms with Gasteiger partial charge in [-0.15, -0.1) is 0 Å². The standard InChI is InChI=1S/C9H11Cl2N3O4S/c1-19(15,16)18-4-6-3-17-5-14(6)8-2-7(10)12-9(11)13-8/h2,6H,3-5H2,1H3. The van der Waals surface area contributed by atoms with Crippen LogP contribution in [0.4, 0.5) is 5.82 Å². The number of hydrogen-bond donors (Lipinski definition) is 0. The van der Waals surface area contributed by atoms with Gasteiger partial charge in [0.25, 0.3) is 10.1 Å². The molecular formula is C9H11Cl2N3O4S. The summed E-state index contributed by atoms with van der Waals surface area (Å²) in [4.78, 5) is 9.48. The maximum absolute atomic E-state index is 11.0. The third kappa shape index (κ3) is 4.15. The van der Waals surface area contributed by atoms with Gasteiger partial charge in [-0.3, -0.25) is 4.18 Å². The second-order valence-corrected chi connectivity index (χ2v) is 6.30. The first-order valence-corrected chi connectivity index (χ1v) is 7.81. The molecule has 0 amide bonds. The molecule has 0 N–H and O–H groups in total. The van der Waals surface area contributed by atoms with Crippen LogP contribution in [-0.2, 0) is 19.0 Å². The number of nitrogens with zero attached hydrogens (tertiary/aromatic N) is 3. The molecule has 1 aromatic heterocycles. The third-order valence-corrected chi connectivity index (χ3v) is 3.33. The molecule has 0 aliphatic carbocycles. The largest absolute Gasteiger partial charge is 0.359 e. The molecule has 0 bridgehead atoms. The number of anilines is 1. The van der Waals surface area contributed by atoms with Crippen LogP contribution in [0.25, 0.3) is 0 Å². The van der Waals surface area contributed by atoms with Crippen LogP contribution in [0.2, 0.25) is 10.4 Å². The lowest BCUT2D eigenvalue weighted by Gasteiger charge is -2.22. The van der Waals surface area contributed by atoms with Crippen LogP contribution < -0.4 is 4.90 Å². The molecule has 7 nitrogen and oxygen atoms in total. The quantitative estimate of drug-likeness (QED) is 0.462. The Balaban J connectivity index is 2.14. The molecule has 10 heteroatoms. The van der Waals surface area contributed by atoms with Gasteiger partial charge in [0.1, 0.15) is 17.7 Å². The Morgan fingerprint density at radius 1 is 1.53 bits per heavy atom. The van der Waals surface area contributed by atoms with Crippen molar-refractivity contribution < 1.29 is 17.3 Å². The Morgan fingerprint density at radius 2 is 2.26 bits per heavy atom. The first-order valence-electron chi connectivity index (χ1n) is 5.24. The van der Waals surface area contributed by atoms with E-state index in [1.807, 2.05) is 0 Å². The van der Waals surface area contributed by atoms with Crippen LogP contribution in [0, 0.1) is 0 Å². The predicted octanol–water partition coefficient (Wildman–Crippen LogP) is 0.922. The van der Waals surface area contributed by atoms with Crippen LogP contribution in [0.3, 0.4) is 0 Å². The molecular weight excluding hydrogens is 317 g/mol. The summed E-state index contributed by atoms with van der Waals surface area (Å²) in [5.74, 6) is 0.463. The Morgan fingerprint density at radius 3 is 2.89 bits per heavy atom. The summed E-state index contributed by atoms with van der Waals surface area (Å²) in [6.07, 6.45) is 0.992. The minimum absolute atomic E-state index is 0.0113. The molecule has 0 spiro atoms. The second-order valence-electron chi connectivity index (χ2n) is 3.93. The molecule has 1 fully saturated rings. The summed E-state index contributed by atoms with van der Waals surface area (Å²) in [5.41, 5.74) is 0. The molecule has 19 heavy (non-hydrogen) atoms. The fraction of sp³-hybridized carbons (Fsp3) is 0.556. The van der Waals surface area contributed by atoms with Gasteiger partial charge in [0, 0.05) is 6.07 Å². The maximum Gasteiger partial charge on any atom is 0.264 e. The van der Waals surface area contributed by atoms with E-state index in [9.17, 15) is 8.42 Å². The lowest BCUT2D eigenvalue weighted by atomic mass is 10.3. The van der Waals surface area contributed by atoms with Crippen molar-refractivity contribution in [2.24, 2.45) is 0 Å². The van der Waals surface area contributed by atoms with E-state index in [1.54, 1.807) is 4.90 Å². The van der Waals surface area contributed by atoms with E-state index in [0.717, 1.165) is 6.26 Å². The Labute approximate surface area is 120 Å². The molecule has 1 aromatic rings. The first-order chi connectivity index (χ1) is 8.85. The van der Waals surface area contributed by atoms with E-state index in [4.69, 9.17) is 32.1 Å². The number of rotatable bonds is 4. The zero-order valence-corrected chi connectivity index (χ0v) is 12.2. The topological polar surface area (TPSA) is 81.6 Å². The van der Waals surface area contributed by atoms with E-state index in [2.05, 4.69) is 9.97 Å². The zero-order chi connectivity index (χ0) is 14.0. The highest BCUT2D eigenvalue weighted by Gasteiger charge is 2.28. The number of hydrogen-bond acceptors (Lipinski definition) is 7. The van der Waals surface area contributed by atoms with Crippen molar-refractivity contribution in [1.29, 1.82) is 0 Å². The minimum atomic E-state index is -3.50. The van der Waals surface area contributed by atoms with Gasteiger partial charge in [0.2, 0.25) is 5.28 Å². The number of halogens is 2. The van der Waals surface area contributed by atoms with Crippen molar-refractivity contribution in [3.63, 3.8) is 0 Å². The van der Waals surface area contributed by atoms with Gasteiger partial charge < -0.3 is 9.64 Å². The molecule has 106 valence electrons. The highest BCUT2D eigenvalue weighted by atomic mass is 35.5. The van der Waals surface area contributed by atoms with E-state index in [-0.39, 0.29) is 29.8 Å². The van der Waals surface area contributed by atoms with Crippen LogP contribution >= 0.6 is 23.2 Å². The Kier molecular flexibility index (Phi) is 4.46. The first kappa shape index (κ1) is 14.7. The molecule has 1 atom stereocenters. The van der Waals surface area contributed by atoms with Gasteiger partial charge in [-0.2, -0.15) is 8.42 Å². The fourth-order valence-corrected chi connectivity index (χ4v) is 2.40. The predicted molar refractivity (Wildman–Crippen MR) is 69.9 cm³/mol. The van der Waals surface area contributed by atoms with E-state index in [0.29, 0.717) is 12.4 Å². The van der Waals surface area contributed by atoms with Crippen molar-refractivity contribution in [2.75, 3.05) is 31.1 Å². The normalized spacial score (nSPS) is 19.9. The average Bonchev–Trinajstić information content (AvgIpc) is 2.72. The van der Waals surface area contributed by atoms with Crippen LogP contribution in [0.5, 0.6) is 0 Å². The maximum atomic E-state index is 11.0. The lowest BCUT2D eigenvalue weighted by molar-refractivity contribution is 0.184. The van der Waals surface area contributed by atoms with Gasteiger partial charge in [-0.1, -0.05) is 11.6 Å². The molecule has 1 aliphatic rings. The Hall–Kier alpha value is -0.670. The molecule has 0 radical (unpaired) electrons. The summed E-state index contributed by atoms with van der Waals surface area (Å²) in [6, 6.07) is 1.24. The highest BCUT2D eigenvalue weighted by Crippen LogP contribution is 2.23. The summed E-state index contributed by atoms with van der Waals surface area (Å²) < 4.78 is 32.0. The number of ether oxygens (including phenoxy) is 1. The highest BCUT2D eigenvalue weighted by molar-refractivity contribution is 7.85. The average molecular weight is 328 g/mol. The summed E-state index contributed by atoms with van der Waals surface area (Å²) in [7, 11) is -3.50. The molecule has 0 saturated carbocycles. The minimum Gasteiger partial charge on any atom is -0.359 e. The van der Waals surface area contributed by atoms with Crippen molar-refractivity contribution in [3.8, 4) is 0 Å². The summed E-state index contributed by atoms with van der Waals surface area (Å²) >= 11 is 11.5. The van der Waals surface area contributed by atoms with Crippen molar-refractivity contribution in [1.82, 2.24) is 9.97 Å². The summed E-state index contributed by atoms with van der Waals surface area (Å²) in [5, 5.41) is 0.210. The summed E-state index contributed by atoms with van der Waals surface area (Å²) in [6.45, 7) is 0.550. The van der Waals surface area contributed by atoms with Crippen LogP contribution in [0.1, 0.15) is 0 Å². The monoisotopic (exact) mass is 327 g/mol. The van der Waals surface area contributed by atoms with Gasteiger partial charge in [-0.05, 0) is 11.6 Å². The van der Waals surface area contributed by atoms with Gasteiger partial charge in [0.15, 0.2) is 0 Å². The lowest BCUT2D eigenvalue weighted by Crippen LogP contribution is -2.36. The molecule has 1 unspecified atom stereocenters. The molecule has 1 aliphatic heterocycles. The van der Waals surface area contributed by atoms with Crippen molar-refractivity contribution in [2.45, 2.75) is 6.04 Å². The Bertz CT molecular complexity index is 548. The van der Waals surface area contributed by atoms with Crippen LogP contribution in [-0.4, -0.2) is 50.6 Å². The van der Waals surface area contributed by atoms with Crippen LogP contribution in [0.15, 0.2) is 6.07 Å². The van der Waals surface area contributed by atoms with Crippen molar-refractivity contribution in [3.05, 3.63) is 16.5 Å². The second kappa shape index (κ2) is 5.76. The van der Waals surface area contributed by atoms with Gasteiger partial charge >= 0.3 is 0 Å². The number of aromatic nitrogens is 2. The zero-order valence-electron chi connectivity index (χ0n) is 9.91. The smallest absolute Gasteiger partial charge is 0.264 e. The van der Waals surface area contributed by atoms with Gasteiger partial charge in [-0.25, -0.2) is 9.97 Å². The fourth-order valence-electron chi connectivity index (χ4n) is 1.60. The molecule has 2 heterocycles.